The first-order valence-corrected chi connectivity index (χ1v) is 8.29. The van der Waals surface area contributed by atoms with Crippen LogP contribution >= 0.6 is 0 Å². The van der Waals surface area contributed by atoms with Gasteiger partial charge in [-0.2, -0.15) is 0 Å². The van der Waals surface area contributed by atoms with E-state index in [0.717, 1.165) is 35.3 Å². The lowest BCUT2D eigenvalue weighted by molar-refractivity contribution is 0.785. The first-order valence-electron chi connectivity index (χ1n) is 8.29. The van der Waals surface area contributed by atoms with Gasteiger partial charge in [0.25, 0.3) is 5.56 Å². The van der Waals surface area contributed by atoms with E-state index in [1.165, 1.54) is 0 Å². The third-order valence-corrected chi connectivity index (χ3v) is 4.30. The number of rotatable bonds is 3. The van der Waals surface area contributed by atoms with Crippen LogP contribution < -0.4 is 16.1 Å². The molecule has 5 nitrogen and oxygen atoms in total. The zero-order valence-corrected chi connectivity index (χ0v) is 13.9. The minimum atomic E-state index is -0.00924. The smallest absolute Gasteiger partial charge is 0.261 e. The summed E-state index contributed by atoms with van der Waals surface area (Å²) in [6, 6.07) is 9.99. The van der Waals surface area contributed by atoms with Crippen LogP contribution in [0.15, 0.2) is 41.3 Å². The molecule has 1 aliphatic carbocycles. The molecule has 5 heteroatoms. The molecule has 0 bridgehead atoms. The van der Waals surface area contributed by atoms with Crippen molar-refractivity contribution in [2.45, 2.75) is 12.8 Å². The number of hydrogen-bond acceptors (Lipinski definition) is 3. The number of nitrogens with zero attached hydrogens (tertiary/aromatic N) is 3. The molecule has 0 unspecified atom stereocenters. The maximum Gasteiger partial charge on any atom is 0.261 e. The molecule has 0 spiro atoms. The standard InChI is InChI=1S/C20H18N4O/c1-24-19(23-16-10-6-5-9-15(16)20(24)25)12-11-18-21-13-17(22-18)14-7-3-2-4-8-14/h2-4,7-13H,5-6H2,1H3,(H,21,22)/b12-11+. The molecule has 124 valence electrons. The number of aromatic amines is 1. The molecule has 0 fully saturated rings. The van der Waals surface area contributed by atoms with Crippen molar-refractivity contribution in [2.24, 2.45) is 7.05 Å². The number of aromatic nitrogens is 4. The SMILES string of the molecule is Cn1c(/C=C/c2nc(-c3ccccc3)c[nH]2)nc2c(c1=O)=CCCC=2. The van der Waals surface area contributed by atoms with E-state index < -0.39 is 0 Å². The number of nitrogens with one attached hydrogen (secondary N) is 1. The Bertz CT molecular complexity index is 1120. The van der Waals surface area contributed by atoms with Crippen molar-refractivity contribution >= 4 is 24.3 Å². The number of H-pyrrole nitrogens is 1. The number of hydrogen-bond donors (Lipinski definition) is 1. The molecule has 0 radical (unpaired) electrons. The van der Waals surface area contributed by atoms with Gasteiger partial charge in [0, 0.05) is 18.8 Å². The van der Waals surface area contributed by atoms with Crippen molar-refractivity contribution in [2.75, 3.05) is 0 Å². The molecule has 25 heavy (non-hydrogen) atoms. The van der Waals surface area contributed by atoms with Crippen LogP contribution in [0.25, 0.3) is 35.6 Å². The van der Waals surface area contributed by atoms with E-state index in [-0.39, 0.29) is 5.56 Å². The summed E-state index contributed by atoms with van der Waals surface area (Å²) in [6.45, 7) is 0. The molecule has 0 aliphatic heterocycles. The lowest BCUT2D eigenvalue weighted by Crippen LogP contribution is -2.48. The van der Waals surface area contributed by atoms with Crippen LogP contribution in [0, 0.1) is 0 Å². The van der Waals surface area contributed by atoms with Crippen molar-refractivity contribution in [3.05, 3.63) is 69.1 Å². The highest BCUT2D eigenvalue weighted by Gasteiger charge is 2.06. The lowest BCUT2D eigenvalue weighted by Gasteiger charge is -2.05. The molecule has 1 aliphatic rings. The Kier molecular flexibility index (Phi) is 3.90. The molecule has 2 heterocycles. The second-order valence-corrected chi connectivity index (χ2v) is 5.99. The highest BCUT2D eigenvalue weighted by Crippen LogP contribution is 2.16. The van der Waals surface area contributed by atoms with Crippen LogP contribution in [-0.4, -0.2) is 19.5 Å². The Morgan fingerprint density at radius 2 is 1.88 bits per heavy atom. The van der Waals surface area contributed by atoms with Crippen LogP contribution in [0.2, 0.25) is 0 Å². The van der Waals surface area contributed by atoms with Crippen molar-refractivity contribution < 1.29 is 0 Å². The summed E-state index contributed by atoms with van der Waals surface area (Å²) in [6.07, 6.45) is 11.3. The number of benzene rings is 1. The Labute approximate surface area is 144 Å². The van der Waals surface area contributed by atoms with Gasteiger partial charge in [0.05, 0.1) is 16.3 Å². The van der Waals surface area contributed by atoms with Gasteiger partial charge in [0.15, 0.2) is 0 Å². The Morgan fingerprint density at radius 3 is 2.72 bits per heavy atom. The molecular weight excluding hydrogens is 312 g/mol. The van der Waals surface area contributed by atoms with Gasteiger partial charge in [-0.1, -0.05) is 42.5 Å². The summed E-state index contributed by atoms with van der Waals surface area (Å²) in [5.74, 6) is 1.34. The predicted octanol–water partition coefficient (Wildman–Crippen LogP) is 1.70. The van der Waals surface area contributed by atoms with Crippen LogP contribution in [0.1, 0.15) is 24.5 Å². The van der Waals surface area contributed by atoms with Gasteiger partial charge in [0.1, 0.15) is 11.6 Å². The third-order valence-electron chi connectivity index (χ3n) is 4.30. The summed E-state index contributed by atoms with van der Waals surface area (Å²) in [5.41, 5.74) is 1.93. The summed E-state index contributed by atoms with van der Waals surface area (Å²) >= 11 is 0. The number of imidazole rings is 1. The molecule has 1 aromatic carbocycles. The van der Waals surface area contributed by atoms with E-state index in [2.05, 4.69) is 15.0 Å². The Morgan fingerprint density at radius 1 is 1.08 bits per heavy atom. The van der Waals surface area contributed by atoms with Crippen LogP contribution in [-0.2, 0) is 7.05 Å². The van der Waals surface area contributed by atoms with Gasteiger partial charge < -0.3 is 4.98 Å². The van der Waals surface area contributed by atoms with Crippen LogP contribution in [0.3, 0.4) is 0 Å². The molecule has 0 saturated heterocycles. The monoisotopic (exact) mass is 330 g/mol. The minimum absolute atomic E-state index is 0.00924. The van der Waals surface area contributed by atoms with Gasteiger partial charge in [0.2, 0.25) is 0 Å². The third kappa shape index (κ3) is 2.96. The van der Waals surface area contributed by atoms with E-state index in [0.29, 0.717) is 11.0 Å². The van der Waals surface area contributed by atoms with Gasteiger partial charge in [-0.25, -0.2) is 9.97 Å². The predicted molar refractivity (Wildman–Crippen MR) is 99.8 cm³/mol. The zero-order valence-electron chi connectivity index (χ0n) is 13.9. The van der Waals surface area contributed by atoms with E-state index in [9.17, 15) is 4.79 Å². The van der Waals surface area contributed by atoms with E-state index in [1.807, 2.05) is 60.8 Å². The Balaban J connectivity index is 1.69. The fourth-order valence-electron chi connectivity index (χ4n) is 2.93. The van der Waals surface area contributed by atoms with E-state index >= 15 is 0 Å². The molecule has 0 atom stereocenters. The second-order valence-electron chi connectivity index (χ2n) is 5.99. The molecule has 4 rings (SSSR count). The van der Waals surface area contributed by atoms with Crippen LogP contribution in [0.5, 0.6) is 0 Å². The summed E-state index contributed by atoms with van der Waals surface area (Å²) in [5, 5.41) is 1.48. The average molecular weight is 330 g/mol. The summed E-state index contributed by atoms with van der Waals surface area (Å²) < 4.78 is 1.58. The van der Waals surface area contributed by atoms with Crippen molar-refractivity contribution in [1.29, 1.82) is 0 Å². The summed E-state index contributed by atoms with van der Waals surface area (Å²) in [4.78, 5) is 24.8. The van der Waals surface area contributed by atoms with E-state index in [1.54, 1.807) is 11.6 Å². The zero-order chi connectivity index (χ0) is 17.2. The normalized spacial score (nSPS) is 13.3. The second kappa shape index (κ2) is 6.36. The molecule has 3 aromatic rings. The van der Waals surface area contributed by atoms with Gasteiger partial charge in [-0.15, -0.1) is 0 Å². The van der Waals surface area contributed by atoms with Crippen LogP contribution in [0.4, 0.5) is 0 Å². The summed E-state index contributed by atoms with van der Waals surface area (Å²) in [7, 11) is 1.75. The molecular formula is C20H18N4O. The minimum Gasteiger partial charge on any atom is -0.344 e. The maximum atomic E-state index is 12.4. The van der Waals surface area contributed by atoms with Gasteiger partial charge >= 0.3 is 0 Å². The molecule has 0 saturated carbocycles. The average Bonchev–Trinajstić information content (AvgIpc) is 3.13. The number of fused-ring (bicyclic) bond motifs is 1. The van der Waals surface area contributed by atoms with E-state index in [4.69, 9.17) is 0 Å². The van der Waals surface area contributed by atoms with Crippen molar-refractivity contribution in [3.8, 4) is 11.3 Å². The first-order chi connectivity index (χ1) is 12.2. The molecule has 0 amide bonds. The molecule has 1 N–H and O–H groups in total. The van der Waals surface area contributed by atoms with Crippen molar-refractivity contribution in [3.63, 3.8) is 0 Å². The lowest BCUT2D eigenvalue weighted by atomic mass is 10.1. The highest BCUT2D eigenvalue weighted by molar-refractivity contribution is 5.66. The first kappa shape index (κ1) is 15.3. The van der Waals surface area contributed by atoms with Gasteiger partial charge in [-0.05, 0) is 25.0 Å². The molecule has 2 aromatic heterocycles. The quantitative estimate of drug-likeness (QED) is 0.795. The fraction of sp³-hybridized carbons (Fsp3) is 0.150. The fourth-order valence-corrected chi connectivity index (χ4v) is 2.93. The van der Waals surface area contributed by atoms with Crippen molar-refractivity contribution in [1.82, 2.24) is 19.5 Å². The largest absolute Gasteiger partial charge is 0.344 e. The van der Waals surface area contributed by atoms with Gasteiger partial charge in [-0.3, -0.25) is 9.36 Å². The maximum absolute atomic E-state index is 12.4. The highest BCUT2D eigenvalue weighted by atomic mass is 16.1. The Hall–Kier alpha value is -3.21. The topological polar surface area (TPSA) is 63.6 Å².